The molecule has 31 heavy (non-hydrogen) atoms. The third-order valence-corrected chi connectivity index (χ3v) is 5.80. The summed E-state index contributed by atoms with van der Waals surface area (Å²) in [6.07, 6.45) is 3.33. The number of rotatable bonds is 6. The number of anilines is 2. The fourth-order valence-corrected chi connectivity index (χ4v) is 4.22. The number of benzene rings is 1. The summed E-state index contributed by atoms with van der Waals surface area (Å²) in [5.41, 5.74) is 1.47. The number of unbranched alkanes of at least 4 members (excludes halogenated alkanes) is 1. The van der Waals surface area contributed by atoms with Gasteiger partial charge in [0.2, 0.25) is 5.95 Å². The van der Waals surface area contributed by atoms with Crippen LogP contribution in [-0.2, 0) is 31.4 Å². The monoisotopic (exact) mass is 425 g/mol. The molecule has 1 atom stereocenters. The zero-order valence-corrected chi connectivity index (χ0v) is 18.0. The Hall–Kier alpha value is -3.36. The second kappa shape index (κ2) is 8.05. The second-order valence-corrected chi connectivity index (χ2v) is 8.31. The summed E-state index contributed by atoms with van der Waals surface area (Å²) in [6.45, 7) is 4.88. The highest BCUT2D eigenvalue weighted by molar-refractivity contribution is 5.77. The summed E-state index contributed by atoms with van der Waals surface area (Å²) in [5, 5.41) is 9.14. The lowest BCUT2D eigenvalue weighted by Crippen LogP contribution is -2.41. The second-order valence-electron chi connectivity index (χ2n) is 8.31. The minimum atomic E-state index is -1.24. The number of carboxylic acids is 1. The van der Waals surface area contributed by atoms with Gasteiger partial charge in [-0.15, -0.1) is 0 Å². The lowest BCUT2D eigenvalue weighted by Gasteiger charge is -2.33. The van der Waals surface area contributed by atoms with Crippen LogP contribution in [-0.4, -0.2) is 36.3 Å². The maximum Gasteiger partial charge on any atom is 0.333 e. The van der Waals surface area contributed by atoms with Gasteiger partial charge >= 0.3 is 11.7 Å². The highest BCUT2D eigenvalue weighted by Gasteiger charge is 2.30. The van der Waals surface area contributed by atoms with Crippen LogP contribution in [0.3, 0.4) is 0 Å². The quantitative estimate of drug-likeness (QED) is 0.649. The molecule has 9 nitrogen and oxygen atoms in total. The van der Waals surface area contributed by atoms with Gasteiger partial charge in [-0.25, -0.2) is 9.36 Å². The molecule has 9 heteroatoms. The van der Waals surface area contributed by atoms with Crippen LogP contribution in [0.1, 0.15) is 32.3 Å². The van der Waals surface area contributed by atoms with Crippen molar-refractivity contribution in [2.75, 3.05) is 11.4 Å². The summed E-state index contributed by atoms with van der Waals surface area (Å²) >= 11 is 0. The van der Waals surface area contributed by atoms with E-state index in [0.29, 0.717) is 12.5 Å². The van der Waals surface area contributed by atoms with E-state index in [1.165, 1.54) is 17.2 Å². The van der Waals surface area contributed by atoms with Crippen molar-refractivity contribution in [2.45, 2.75) is 46.2 Å². The zero-order valence-electron chi connectivity index (χ0n) is 18.0. The Labute approximate surface area is 179 Å². The van der Waals surface area contributed by atoms with Gasteiger partial charge in [-0.1, -0.05) is 32.4 Å². The van der Waals surface area contributed by atoms with Crippen LogP contribution < -0.4 is 16.1 Å². The topological polar surface area (TPSA) is 102 Å². The summed E-state index contributed by atoms with van der Waals surface area (Å²) in [6, 6.07) is 8.36. The van der Waals surface area contributed by atoms with Crippen LogP contribution in [0.4, 0.5) is 11.6 Å². The molecule has 0 amide bonds. The van der Waals surface area contributed by atoms with Gasteiger partial charge in [-0.2, -0.15) is 4.98 Å². The molecule has 1 aromatic carbocycles. The van der Waals surface area contributed by atoms with Crippen molar-refractivity contribution < 1.29 is 9.90 Å². The van der Waals surface area contributed by atoms with Gasteiger partial charge in [-0.3, -0.25) is 14.2 Å². The van der Waals surface area contributed by atoms with E-state index in [4.69, 9.17) is 5.11 Å². The SMILES string of the molecule is CCCCc1ccc(N2C[C@@H](C)Cn3c2nc2c3c(=O)n(CC(=O)O)c(=O)n2C)cc1. The summed E-state index contributed by atoms with van der Waals surface area (Å²) in [7, 11) is 1.51. The molecule has 0 fully saturated rings. The van der Waals surface area contributed by atoms with E-state index >= 15 is 0 Å². The third-order valence-electron chi connectivity index (χ3n) is 5.80. The van der Waals surface area contributed by atoms with E-state index in [2.05, 4.69) is 48.0 Å². The number of hydrogen-bond acceptors (Lipinski definition) is 5. The summed E-state index contributed by atoms with van der Waals surface area (Å²) in [5.74, 6) is -0.418. The molecule has 1 aliphatic rings. The van der Waals surface area contributed by atoms with Crippen LogP contribution >= 0.6 is 0 Å². The van der Waals surface area contributed by atoms with Gasteiger partial charge < -0.3 is 14.6 Å². The Morgan fingerprint density at radius 1 is 1.19 bits per heavy atom. The number of carboxylic acid groups (broad SMARTS) is 1. The van der Waals surface area contributed by atoms with Gasteiger partial charge in [0.1, 0.15) is 6.54 Å². The molecule has 0 unspecified atom stereocenters. The number of aryl methyl sites for hydroxylation is 2. The van der Waals surface area contributed by atoms with Gasteiger partial charge in [0.25, 0.3) is 5.56 Å². The number of hydrogen-bond donors (Lipinski definition) is 1. The van der Waals surface area contributed by atoms with Crippen molar-refractivity contribution in [3.63, 3.8) is 0 Å². The highest BCUT2D eigenvalue weighted by Crippen LogP contribution is 2.33. The number of aliphatic carboxylic acids is 1. The number of carbonyl (C=O) groups is 1. The molecule has 164 valence electrons. The maximum absolute atomic E-state index is 13.1. The van der Waals surface area contributed by atoms with Crippen molar-refractivity contribution in [3.05, 3.63) is 50.7 Å². The Morgan fingerprint density at radius 3 is 2.55 bits per heavy atom. The Morgan fingerprint density at radius 2 is 1.90 bits per heavy atom. The average Bonchev–Trinajstić information content (AvgIpc) is 3.13. The summed E-state index contributed by atoms with van der Waals surface area (Å²) in [4.78, 5) is 43.6. The van der Waals surface area contributed by atoms with Gasteiger partial charge in [0.05, 0.1) is 0 Å². The van der Waals surface area contributed by atoms with Gasteiger partial charge in [0, 0.05) is 25.8 Å². The van der Waals surface area contributed by atoms with Crippen LogP contribution in [0.2, 0.25) is 0 Å². The fraction of sp³-hybridized carbons (Fsp3) is 0.455. The highest BCUT2D eigenvalue weighted by atomic mass is 16.4. The van der Waals surface area contributed by atoms with E-state index in [1.54, 1.807) is 0 Å². The Kier molecular flexibility index (Phi) is 5.43. The molecule has 0 saturated carbocycles. The van der Waals surface area contributed by atoms with Crippen LogP contribution in [0.5, 0.6) is 0 Å². The molecule has 3 aromatic rings. The van der Waals surface area contributed by atoms with Crippen molar-refractivity contribution in [3.8, 4) is 0 Å². The number of aromatic nitrogens is 4. The first-order valence-electron chi connectivity index (χ1n) is 10.6. The predicted molar refractivity (Wildman–Crippen MR) is 118 cm³/mol. The number of fused-ring (bicyclic) bond motifs is 3. The molecule has 1 aliphatic heterocycles. The van der Waals surface area contributed by atoms with Crippen molar-refractivity contribution in [1.29, 1.82) is 0 Å². The van der Waals surface area contributed by atoms with Crippen molar-refractivity contribution in [1.82, 2.24) is 18.7 Å². The van der Waals surface area contributed by atoms with E-state index in [0.717, 1.165) is 36.1 Å². The first-order chi connectivity index (χ1) is 14.8. The van der Waals surface area contributed by atoms with E-state index in [9.17, 15) is 14.4 Å². The molecule has 0 aliphatic carbocycles. The molecule has 3 heterocycles. The zero-order chi connectivity index (χ0) is 22.3. The van der Waals surface area contributed by atoms with E-state index in [-0.39, 0.29) is 17.1 Å². The molecule has 0 bridgehead atoms. The molecular formula is C22H27N5O4. The fourth-order valence-electron chi connectivity index (χ4n) is 4.22. The maximum atomic E-state index is 13.1. The minimum Gasteiger partial charge on any atom is -0.480 e. The molecule has 1 N–H and O–H groups in total. The van der Waals surface area contributed by atoms with Crippen LogP contribution in [0.25, 0.3) is 11.2 Å². The standard InChI is InChI=1S/C22H27N5O4/c1-4-5-6-15-7-9-16(10-8-15)25-11-14(2)12-26-18-19(23-21(25)26)24(3)22(31)27(20(18)30)13-17(28)29/h7-10,14H,4-6,11-13H2,1-3H3,(H,28,29)/t14-/m1/s1. The lowest BCUT2D eigenvalue weighted by molar-refractivity contribution is -0.137. The molecule has 0 spiro atoms. The van der Waals surface area contributed by atoms with Crippen LogP contribution in [0.15, 0.2) is 33.9 Å². The normalized spacial score (nSPS) is 16.0. The first kappa shape index (κ1) is 20.9. The van der Waals surface area contributed by atoms with Gasteiger partial charge in [0.15, 0.2) is 11.2 Å². The lowest BCUT2D eigenvalue weighted by atomic mass is 10.1. The number of nitrogens with zero attached hydrogens (tertiary/aromatic N) is 5. The first-order valence-corrected chi connectivity index (χ1v) is 10.6. The van der Waals surface area contributed by atoms with Crippen molar-refractivity contribution in [2.24, 2.45) is 13.0 Å². The molecule has 0 radical (unpaired) electrons. The van der Waals surface area contributed by atoms with Gasteiger partial charge in [-0.05, 0) is 36.5 Å². The molecule has 4 rings (SSSR count). The average molecular weight is 425 g/mol. The molecule has 2 aromatic heterocycles. The molecular weight excluding hydrogens is 398 g/mol. The van der Waals surface area contributed by atoms with Crippen molar-refractivity contribution >= 4 is 28.8 Å². The van der Waals surface area contributed by atoms with E-state index in [1.807, 2.05) is 4.57 Å². The Balaban J connectivity index is 1.86. The number of imidazole rings is 1. The molecule has 0 saturated heterocycles. The minimum absolute atomic E-state index is 0.231. The van der Waals surface area contributed by atoms with Crippen LogP contribution in [0, 0.1) is 5.92 Å². The predicted octanol–water partition coefficient (Wildman–Crippen LogP) is 2.11. The Bertz CT molecular complexity index is 1250. The summed E-state index contributed by atoms with van der Waals surface area (Å²) < 4.78 is 3.82. The third kappa shape index (κ3) is 3.64. The largest absolute Gasteiger partial charge is 0.480 e. The van der Waals surface area contributed by atoms with E-state index < -0.39 is 23.8 Å². The smallest absolute Gasteiger partial charge is 0.333 e.